The third-order valence-corrected chi connectivity index (χ3v) is 4.86. The van der Waals surface area contributed by atoms with E-state index in [0.717, 1.165) is 16.5 Å². The lowest BCUT2D eigenvalue weighted by atomic mass is 10.2. The van der Waals surface area contributed by atoms with Gasteiger partial charge in [-0.05, 0) is 52.7 Å². The molecule has 0 aliphatic carbocycles. The molecule has 104 valence electrons. The molecular weight excluding hydrogens is 356 g/mol. The van der Waals surface area contributed by atoms with E-state index in [1.807, 2.05) is 12.1 Å². The molecule has 0 aliphatic rings. The van der Waals surface area contributed by atoms with Crippen LogP contribution >= 0.6 is 39.5 Å². The van der Waals surface area contributed by atoms with Crippen LogP contribution in [0.4, 0.5) is 5.69 Å². The predicted octanol–water partition coefficient (Wildman–Crippen LogP) is 3.96. The minimum absolute atomic E-state index is 0.113. The van der Waals surface area contributed by atoms with Gasteiger partial charge in [0.2, 0.25) is 0 Å². The number of halogens is 1. The van der Waals surface area contributed by atoms with Crippen molar-refractivity contribution in [1.29, 1.82) is 0 Å². The number of rotatable bonds is 4. The van der Waals surface area contributed by atoms with Crippen LogP contribution in [0.5, 0.6) is 0 Å². The normalized spacial score (nSPS) is 10.3. The van der Waals surface area contributed by atoms with Crippen LogP contribution in [-0.4, -0.2) is 10.9 Å². The number of hydrogen-bond acceptors (Lipinski definition) is 3. The molecule has 0 radical (unpaired) electrons. The van der Waals surface area contributed by atoms with Gasteiger partial charge in [-0.2, -0.15) is 0 Å². The summed E-state index contributed by atoms with van der Waals surface area (Å²) in [6.45, 7) is 2.07. The van der Waals surface area contributed by atoms with Gasteiger partial charge in [0.25, 0.3) is 5.91 Å². The zero-order valence-electron chi connectivity index (χ0n) is 10.8. The standard InChI is InChI=1S/C14H13BrN2OS2/c1-2-9-4-6-12(20-9)14(18)17-11-5-3-8(13(16)19)7-10(11)15/h3-7H,2H2,1H3,(H2,16,19)(H,17,18). The van der Waals surface area contributed by atoms with Gasteiger partial charge < -0.3 is 11.1 Å². The molecule has 20 heavy (non-hydrogen) atoms. The SMILES string of the molecule is CCc1ccc(C(=O)Nc2ccc(C(N)=S)cc2Br)s1. The second-order valence-corrected chi connectivity index (χ2v) is 6.60. The number of amides is 1. The van der Waals surface area contributed by atoms with E-state index < -0.39 is 0 Å². The Morgan fingerprint density at radius 3 is 2.70 bits per heavy atom. The van der Waals surface area contributed by atoms with Gasteiger partial charge in [-0.25, -0.2) is 0 Å². The number of hydrogen-bond donors (Lipinski definition) is 2. The zero-order chi connectivity index (χ0) is 14.7. The Bertz CT molecular complexity index is 667. The molecule has 1 aromatic carbocycles. The largest absolute Gasteiger partial charge is 0.389 e. The topological polar surface area (TPSA) is 55.1 Å². The van der Waals surface area contributed by atoms with E-state index in [4.69, 9.17) is 18.0 Å². The second-order valence-electron chi connectivity index (χ2n) is 4.13. The Balaban J connectivity index is 2.17. The van der Waals surface area contributed by atoms with Crippen molar-refractivity contribution in [3.63, 3.8) is 0 Å². The van der Waals surface area contributed by atoms with Crippen molar-refractivity contribution in [3.8, 4) is 0 Å². The summed E-state index contributed by atoms with van der Waals surface area (Å²) in [4.78, 5) is 14.4. The summed E-state index contributed by atoms with van der Waals surface area (Å²) in [5.74, 6) is -0.113. The Labute approximate surface area is 135 Å². The number of aryl methyl sites for hydroxylation is 1. The average Bonchev–Trinajstić information content (AvgIpc) is 2.89. The first-order valence-electron chi connectivity index (χ1n) is 6.00. The number of nitrogens with two attached hydrogens (primary N) is 1. The first-order chi connectivity index (χ1) is 9.51. The monoisotopic (exact) mass is 368 g/mol. The van der Waals surface area contributed by atoms with Gasteiger partial charge in [0.1, 0.15) is 4.99 Å². The lowest BCUT2D eigenvalue weighted by molar-refractivity contribution is 0.103. The second kappa shape index (κ2) is 6.47. The molecule has 1 aromatic heterocycles. The maximum Gasteiger partial charge on any atom is 0.265 e. The molecule has 0 atom stereocenters. The number of benzene rings is 1. The highest BCUT2D eigenvalue weighted by atomic mass is 79.9. The number of nitrogens with one attached hydrogen (secondary N) is 1. The summed E-state index contributed by atoms with van der Waals surface area (Å²) in [5, 5.41) is 2.87. The van der Waals surface area contributed by atoms with Crippen LogP contribution in [0.1, 0.15) is 27.0 Å². The average molecular weight is 369 g/mol. The maximum absolute atomic E-state index is 12.1. The van der Waals surface area contributed by atoms with Crippen LogP contribution in [0.2, 0.25) is 0 Å². The van der Waals surface area contributed by atoms with Gasteiger partial charge in [0.05, 0.1) is 10.6 Å². The van der Waals surface area contributed by atoms with E-state index in [1.54, 1.807) is 18.2 Å². The highest BCUT2D eigenvalue weighted by Gasteiger charge is 2.11. The zero-order valence-corrected chi connectivity index (χ0v) is 14.0. The summed E-state index contributed by atoms with van der Waals surface area (Å²) >= 11 is 9.83. The molecule has 0 fully saturated rings. The van der Waals surface area contributed by atoms with E-state index in [2.05, 4.69) is 28.2 Å². The van der Waals surface area contributed by atoms with Crippen molar-refractivity contribution in [2.75, 3.05) is 5.32 Å². The number of carbonyl (C=O) groups excluding carboxylic acids is 1. The molecule has 0 spiro atoms. The smallest absolute Gasteiger partial charge is 0.265 e. The van der Waals surface area contributed by atoms with E-state index in [9.17, 15) is 4.79 Å². The van der Waals surface area contributed by atoms with Crippen LogP contribution < -0.4 is 11.1 Å². The van der Waals surface area contributed by atoms with Crippen molar-refractivity contribution in [2.45, 2.75) is 13.3 Å². The molecule has 0 aliphatic heterocycles. The summed E-state index contributed by atoms with van der Waals surface area (Å²) in [5.41, 5.74) is 7.02. The van der Waals surface area contributed by atoms with Crippen LogP contribution in [-0.2, 0) is 6.42 Å². The summed E-state index contributed by atoms with van der Waals surface area (Å²) in [6, 6.07) is 9.18. The minimum Gasteiger partial charge on any atom is -0.389 e. The fourth-order valence-corrected chi connectivity index (χ4v) is 3.09. The fraction of sp³-hybridized carbons (Fsp3) is 0.143. The van der Waals surface area contributed by atoms with Crippen LogP contribution in [0.25, 0.3) is 0 Å². The van der Waals surface area contributed by atoms with Gasteiger partial charge in [0.15, 0.2) is 0 Å². The molecule has 0 unspecified atom stereocenters. The molecule has 2 aromatic rings. The van der Waals surface area contributed by atoms with Crippen molar-refractivity contribution in [1.82, 2.24) is 0 Å². The molecular formula is C14H13BrN2OS2. The lowest BCUT2D eigenvalue weighted by Crippen LogP contribution is -2.12. The van der Waals surface area contributed by atoms with Crippen LogP contribution in [0, 0.1) is 0 Å². The molecule has 3 N–H and O–H groups in total. The minimum atomic E-state index is -0.113. The van der Waals surface area contributed by atoms with Gasteiger partial charge in [-0.3, -0.25) is 4.79 Å². The van der Waals surface area contributed by atoms with Gasteiger partial charge in [0, 0.05) is 14.9 Å². The van der Waals surface area contributed by atoms with Crippen molar-refractivity contribution < 1.29 is 4.79 Å². The summed E-state index contributed by atoms with van der Waals surface area (Å²) in [6.07, 6.45) is 0.935. The first-order valence-corrected chi connectivity index (χ1v) is 8.02. The maximum atomic E-state index is 12.1. The van der Waals surface area contributed by atoms with Crippen molar-refractivity contribution >= 4 is 56.1 Å². The summed E-state index contributed by atoms with van der Waals surface area (Å²) < 4.78 is 0.753. The molecule has 6 heteroatoms. The number of carbonyl (C=O) groups is 1. The summed E-state index contributed by atoms with van der Waals surface area (Å²) in [7, 11) is 0. The molecule has 0 saturated heterocycles. The van der Waals surface area contributed by atoms with E-state index in [0.29, 0.717) is 15.6 Å². The highest BCUT2D eigenvalue weighted by Crippen LogP contribution is 2.25. The predicted molar refractivity (Wildman–Crippen MR) is 91.7 cm³/mol. The first kappa shape index (κ1) is 15.2. The number of thiophene rings is 1. The molecule has 0 bridgehead atoms. The highest BCUT2D eigenvalue weighted by molar-refractivity contribution is 9.10. The van der Waals surface area contributed by atoms with Gasteiger partial charge >= 0.3 is 0 Å². The van der Waals surface area contributed by atoms with E-state index >= 15 is 0 Å². The van der Waals surface area contributed by atoms with Crippen molar-refractivity contribution in [2.24, 2.45) is 5.73 Å². The lowest BCUT2D eigenvalue weighted by Gasteiger charge is -2.08. The van der Waals surface area contributed by atoms with Gasteiger partial charge in [-0.15, -0.1) is 11.3 Å². The van der Waals surface area contributed by atoms with Crippen LogP contribution in [0.3, 0.4) is 0 Å². The Morgan fingerprint density at radius 2 is 2.15 bits per heavy atom. The third kappa shape index (κ3) is 3.45. The fourth-order valence-electron chi connectivity index (χ4n) is 1.64. The third-order valence-electron chi connectivity index (χ3n) is 2.74. The van der Waals surface area contributed by atoms with Crippen LogP contribution in [0.15, 0.2) is 34.8 Å². The Morgan fingerprint density at radius 1 is 1.40 bits per heavy atom. The van der Waals surface area contributed by atoms with E-state index in [-0.39, 0.29) is 5.91 Å². The number of thiocarbonyl (C=S) groups is 1. The Hall–Kier alpha value is -1.24. The Kier molecular flexibility index (Phi) is 4.91. The number of anilines is 1. The molecule has 1 amide bonds. The molecule has 3 nitrogen and oxygen atoms in total. The van der Waals surface area contributed by atoms with Crippen molar-refractivity contribution in [3.05, 3.63) is 50.1 Å². The molecule has 0 saturated carbocycles. The quantitative estimate of drug-likeness (QED) is 0.803. The van der Waals surface area contributed by atoms with Gasteiger partial charge in [-0.1, -0.05) is 19.1 Å². The molecule has 1 heterocycles. The van der Waals surface area contributed by atoms with E-state index in [1.165, 1.54) is 16.2 Å². The molecule has 2 rings (SSSR count).